The molecule has 0 saturated heterocycles. The maximum absolute atomic E-state index is 12.5. The van der Waals surface area contributed by atoms with Crippen molar-refractivity contribution in [1.82, 2.24) is 0 Å². The van der Waals surface area contributed by atoms with E-state index in [0.717, 1.165) is 5.56 Å². The largest absolute Gasteiger partial charge is 0.480 e. The number of hydrogen-bond donors (Lipinski definition) is 3. The van der Waals surface area contributed by atoms with Gasteiger partial charge >= 0.3 is 5.97 Å². The van der Waals surface area contributed by atoms with Gasteiger partial charge in [0.15, 0.2) is 0 Å². The first-order chi connectivity index (χ1) is 11.2. The second-order valence-electron chi connectivity index (χ2n) is 5.35. The lowest BCUT2D eigenvalue weighted by molar-refractivity contribution is -0.138. The predicted molar refractivity (Wildman–Crippen MR) is 92.8 cm³/mol. The molecule has 4 N–H and O–H groups in total. The van der Waals surface area contributed by atoms with Gasteiger partial charge < -0.3 is 10.8 Å². The second kappa shape index (κ2) is 7.21. The molecule has 0 saturated carbocycles. The number of benzene rings is 2. The topological polar surface area (TPSA) is 109 Å². The summed E-state index contributed by atoms with van der Waals surface area (Å²) in [6.07, 6.45) is 0.0471. The van der Waals surface area contributed by atoms with Crippen molar-refractivity contribution in [2.24, 2.45) is 5.73 Å². The zero-order chi connectivity index (χ0) is 17.9. The van der Waals surface area contributed by atoms with Crippen LogP contribution in [-0.2, 0) is 21.2 Å². The van der Waals surface area contributed by atoms with E-state index in [1.807, 2.05) is 0 Å². The fourth-order valence-electron chi connectivity index (χ4n) is 2.09. The Hall–Kier alpha value is -2.09. The number of carboxylic acids is 1. The van der Waals surface area contributed by atoms with Crippen molar-refractivity contribution in [3.63, 3.8) is 0 Å². The molecule has 0 aliphatic carbocycles. The standard InChI is InChI=1S/C16H17ClN2O4S/c1-10-2-7-14(8-11(10)9-15(18)16(20)21)24(22,23)19-13-5-3-12(17)4-6-13/h2-8,15,19H,9,18H2,1H3,(H,20,21). The van der Waals surface area contributed by atoms with Gasteiger partial charge in [-0.15, -0.1) is 0 Å². The molecule has 2 aromatic rings. The number of aryl methyl sites for hydroxylation is 1. The Balaban J connectivity index is 2.30. The van der Waals surface area contributed by atoms with E-state index in [9.17, 15) is 13.2 Å². The highest BCUT2D eigenvalue weighted by atomic mass is 35.5. The molecule has 0 aliphatic rings. The van der Waals surface area contributed by atoms with Gasteiger partial charge in [0.1, 0.15) is 6.04 Å². The number of nitrogens with two attached hydrogens (primary N) is 1. The summed E-state index contributed by atoms with van der Waals surface area (Å²) in [5.74, 6) is -1.14. The van der Waals surface area contributed by atoms with E-state index in [1.54, 1.807) is 37.3 Å². The van der Waals surface area contributed by atoms with Crippen LogP contribution in [-0.4, -0.2) is 25.5 Å². The highest BCUT2D eigenvalue weighted by Crippen LogP contribution is 2.21. The Bertz CT molecular complexity index is 851. The summed E-state index contributed by atoms with van der Waals surface area (Å²) in [5.41, 5.74) is 7.26. The lowest BCUT2D eigenvalue weighted by Gasteiger charge is -2.13. The van der Waals surface area contributed by atoms with Crippen molar-refractivity contribution in [2.45, 2.75) is 24.3 Å². The smallest absolute Gasteiger partial charge is 0.320 e. The number of rotatable bonds is 6. The van der Waals surface area contributed by atoms with Crippen LogP contribution < -0.4 is 10.5 Å². The highest BCUT2D eigenvalue weighted by molar-refractivity contribution is 7.92. The van der Waals surface area contributed by atoms with Crippen LogP contribution in [0.1, 0.15) is 11.1 Å². The fourth-order valence-corrected chi connectivity index (χ4v) is 3.33. The normalized spacial score (nSPS) is 12.6. The van der Waals surface area contributed by atoms with Gasteiger partial charge in [-0.2, -0.15) is 0 Å². The molecule has 6 nitrogen and oxygen atoms in total. The van der Waals surface area contributed by atoms with E-state index in [4.69, 9.17) is 22.4 Å². The number of nitrogens with one attached hydrogen (secondary N) is 1. The molecular formula is C16H17ClN2O4S. The summed E-state index contributed by atoms with van der Waals surface area (Å²) in [6, 6.07) is 9.69. The number of anilines is 1. The van der Waals surface area contributed by atoms with Crippen molar-refractivity contribution in [3.8, 4) is 0 Å². The van der Waals surface area contributed by atoms with Crippen molar-refractivity contribution in [2.75, 3.05) is 4.72 Å². The minimum atomic E-state index is -3.80. The molecule has 1 atom stereocenters. The van der Waals surface area contributed by atoms with Crippen molar-refractivity contribution < 1.29 is 18.3 Å². The number of hydrogen-bond acceptors (Lipinski definition) is 4. The van der Waals surface area contributed by atoms with E-state index in [1.165, 1.54) is 12.1 Å². The summed E-state index contributed by atoms with van der Waals surface area (Å²) in [6.45, 7) is 1.77. The third-order valence-electron chi connectivity index (χ3n) is 3.48. The van der Waals surface area contributed by atoms with Gasteiger partial charge in [0, 0.05) is 10.7 Å². The number of aliphatic carboxylic acids is 1. The summed E-state index contributed by atoms with van der Waals surface area (Å²) < 4.78 is 27.4. The first kappa shape index (κ1) is 18.3. The monoisotopic (exact) mass is 368 g/mol. The van der Waals surface area contributed by atoms with E-state index in [-0.39, 0.29) is 11.3 Å². The molecule has 0 amide bonds. The Morgan fingerprint density at radius 1 is 1.25 bits per heavy atom. The molecule has 0 spiro atoms. The molecule has 2 aromatic carbocycles. The van der Waals surface area contributed by atoms with Gasteiger partial charge in [0.2, 0.25) is 0 Å². The van der Waals surface area contributed by atoms with Crippen molar-refractivity contribution in [3.05, 3.63) is 58.6 Å². The third kappa shape index (κ3) is 4.47. The van der Waals surface area contributed by atoms with E-state index in [2.05, 4.69) is 4.72 Å². The van der Waals surface area contributed by atoms with Crippen LogP contribution in [0.15, 0.2) is 47.4 Å². The molecule has 1 unspecified atom stereocenters. The van der Waals surface area contributed by atoms with Crippen molar-refractivity contribution in [1.29, 1.82) is 0 Å². The van der Waals surface area contributed by atoms with E-state index >= 15 is 0 Å². The Morgan fingerprint density at radius 2 is 1.88 bits per heavy atom. The molecule has 0 aromatic heterocycles. The van der Waals surface area contributed by atoms with Crippen LogP contribution in [0, 0.1) is 6.92 Å². The molecule has 128 valence electrons. The van der Waals surface area contributed by atoms with E-state index in [0.29, 0.717) is 16.3 Å². The summed E-state index contributed by atoms with van der Waals surface area (Å²) in [5, 5.41) is 9.41. The summed E-state index contributed by atoms with van der Waals surface area (Å²) in [4.78, 5) is 10.9. The second-order valence-corrected chi connectivity index (χ2v) is 7.47. The van der Waals surface area contributed by atoms with Crippen LogP contribution in [0.5, 0.6) is 0 Å². The highest BCUT2D eigenvalue weighted by Gasteiger charge is 2.18. The van der Waals surface area contributed by atoms with Gasteiger partial charge in [-0.05, 0) is 60.9 Å². The van der Waals surface area contributed by atoms with Crippen LogP contribution >= 0.6 is 11.6 Å². The predicted octanol–water partition coefficient (Wildman–Crippen LogP) is 2.40. The van der Waals surface area contributed by atoms with Crippen LogP contribution in [0.3, 0.4) is 0 Å². The maximum Gasteiger partial charge on any atom is 0.320 e. The Kier molecular flexibility index (Phi) is 5.48. The molecule has 24 heavy (non-hydrogen) atoms. The van der Waals surface area contributed by atoms with Gasteiger partial charge in [-0.25, -0.2) is 8.42 Å². The Morgan fingerprint density at radius 3 is 2.46 bits per heavy atom. The van der Waals surface area contributed by atoms with Crippen LogP contribution in [0.4, 0.5) is 5.69 Å². The maximum atomic E-state index is 12.5. The van der Waals surface area contributed by atoms with Gasteiger partial charge in [-0.1, -0.05) is 17.7 Å². The van der Waals surface area contributed by atoms with Gasteiger partial charge in [-0.3, -0.25) is 9.52 Å². The average Bonchev–Trinajstić information content (AvgIpc) is 2.51. The minimum Gasteiger partial charge on any atom is -0.480 e. The Labute approximate surface area is 145 Å². The molecule has 0 radical (unpaired) electrons. The fraction of sp³-hybridized carbons (Fsp3) is 0.188. The van der Waals surface area contributed by atoms with Gasteiger partial charge in [0.25, 0.3) is 10.0 Å². The van der Waals surface area contributed by atoms with Gasteiger partial charge in [0.05, 0.1) is 4.90 Å². The number of sulfonamides is 1. The number of carboxylic acid groups (broad SMARTS) is 1. The number of halogens is 1. The third-order valence-corrected chi connectivity index (χ3v) is 5.12. The molecule has 2 rings (SSSR count). The zero-order valence-corrected chi connectivity index (χ0v) is 14.4. The zero-order valence-electron chi connectivity index (χ0n) is 12.9. The molecular weight excluding hydrogens is 352 g/mol. The summed E-state index contributed by atoms with van der Waals surface area (Å²) >= 11 is 5.78. The molecule has 0 aliphatic heterocycles. The first-order valence-electron chi connectivity index (χ1n) is 7.05. The van der Waals surface area contributed by atoms with Crippen LogP contribution in [0.25, 0.3) is 0 Å². The number of carbonyl (C=O) groups is 1. The average molecular weight is 369 g/mol. The quantitative estimate of drug-likeness (QED) is 0.725. The lowest BCUT2D eigenvalue weighted by atomic mass is 10.0. The summed E-state index contributed by atoms with van der Waals surface area (Å²) in [7, 11) is -3.80. The first-order valence-corrected chi connectivity index (χ1v) is 8.91. The van der Waals surface area contributed by atoms with Crippen LogP contribution in [0.2, 0.25) is 5.02 Å². The lowest BCUT2D eigenvalue weighted by Crippen LogP contribution is -2.32. The minimum absolute atomic E-state index is 0.0376. The molecule has 8 heteroatoms. The molecule has 0 fully saturated rings. The van der Waals surface area contributed by atoms with E-state index < -0.39 is 22.0 Å². The SMILES string of the molecule is Cc1ccc(S(=O)(=O)Nc2ccc(Cl)cc2)cc1CC(N)C(=O)O. The molecule has 0 heterocycles. The van der Waals surface area contributed by atoms with Crippen molar-refractivity contribution >= 4 is 33.3 Å². The molecule has 0 bridgehead atoms.